The second kappa shape index (κ2) is 15.7. The zero-order valence-corrected chi connectivity index (χ0v) is 32.9. The summed E-state index contributed by atoms with van der Waals surface area (Å²) in [6.07, 6.45) is 15.4. The van der Waals surface area contributed by atoms with Crippen molar-refractivity contribution < 1.29 is 0 Å². The first kappa shape index (κ1) is 35.8. The van der Waals surface area contributed by atoms with Crippen LogP contribution in [0.1, 0.15) is 75.5 Å². The zero-order chi connectivity index (χ0) is 37.9. The number of fused-ring (bicyclic) bond motifs is 2. The minimum Gasteiger partial charge on any atom is -0.371 e. The molecule has 2 aliphatic carbocycles. The average Bonchev–Trinajstić information content (AvgIpc) is 3.55. The van der Waals surface area contributed by atoms with Crippen molar-refractivity contribution in [3.05, 3.63) is 192 Å². The van der Waals surface area contributed by atoms with Gasteiger partial charge in [0.2, 0.25) is 0 Å². The summed E-state index contributed by atoms with van der Waals surface area (Å²) in [7, 11) is 0. The topological polar surface area (TPSA) is 6.48 Å². The molecule has 1 fully saturated rings. The summed E-state index contributed by atoms with van der Waals surface area (Å²) < 4.78 is 0. The van der Waals surface area contributed by atoms with Crippen molar-refractivity contribution in [2.75, 3.05) is 22.9 Å². The van der Waals surface area contributed by atoms with Crippen LogP contribution >= 0.6 is 0 Å². The molecule has 0 bridgehead atoms. The molecule has 0 unspecified atom stereocenters. The fraction of sp³-hybridized carbons (Fsp3) is 0.222. The molecule has 0 N–H and O–H groups in total. The van der Waals surface area contributed by atoms with E-state index in [-0.39, 0.29) is 5.41 Å². The maximum atomic E-state index is 2.61. The maximum Gasteiger partial charge on any atom is 0.0465 e. The minimum absolute atomic E-state index is 0.00298. The van der Waals surface area contributed by atoms with E-state index in [1.165, 1.54) is 92.1 Å². The van der Waals surface area contributed by atoms with Gasteiger partial charge in [-0.25, -0.2) is 0 Å². The second-order valence-electron chi connectivity index (χ2n) is 15.7. The zero-order valence-electron chi connectivity index (χ0n) is 32.9. The molecular formula is C54H52N2. The van der Waals surface area contributed by atoms with Crippen molar-refractivity contribution in [1.29, 1.82) is 0 Å². The first-order valence-electron chi connectivity index (χ1n) is 20.9. The first-order valence-corrected chi connectivity index (χ1v) is 20.9. The molecule has 0 spiro atoms. The van der Waals surface area contributed by atoms with Gasteiger partial charge in [0.1, 0.15) is 0 Å². The molecule has 6 aromatic rings. The highest BCUT2D eigenvalue weighted by atomic mass is 15.1. The van der Waals surface area contributed by atoms with E-state index in [0.717, 1.165) is 38.8 Å². The summed E-state index contributed by atoms with van der Waals surface area (Å²) in [6, 6.07) is 55.9. The molecule has 9 rings (SSSR count). The SMILES string of the molecule is CCC1(CC)C2=C(CCC(/C=C/c3ccc(-c4ccc(-c5ccccc5)cc4N4CCCCC4)cc3)=C2)c2ccc(N(c3ccccc3)c3ccccc3)cc21. The van der Waals surface area contributed by atoms with Crippen LogP contribution in [0.5, 0.6) is 0 Å². The highest BCUT2D eigenvalue weighted by Crippen LogP contribution is 2.56. The summed E-state index contributed by atoms with van der Waals surface area (Å²) in [6.45, 7) is 7.02. The van der Waals surface area contributed by atoms with Crippen LogP contribution in [0.4, 0.5) is 22.7 Å². The van der Waals surface area contributed by atoms with E-state index < -0.39 is 0 Å². The summed E-state index contributed by atoms with van der Waals surface area (Å²) in [4.78, 5) is 5.01. The molecule has 6 aromatic carbocycles. The second-order valence-corrected chi connectivity index (χ2v) is 15.7. The van der Waals surface area contributed by atoms with Gasteiger partial charge in [-0.3, -0.25) is 0 Å². The van der Waals surface area contributed by atoms with Gasteiger partial charge in [-0.1, -0.05) is 141 Å². The molecule has 0 radical (unpaired) electrons. The lowest BCUT2D eigenvalue weighted by molar-refractivity contribution is 0.485. The van der Waals surface area contributed by atoms with E-state index in [1.54, 1.807) is 5.57 Å². The molecule has 0 saturated carbocycles. The van der Waals surface area contributed by atoms with Crippen molar-refractivity contribution in [3.8, 4) is 22.3 Å². The van der Waals surface area contributed by atoms with Crippen molar-refractivity contribution in [3.63, 3.8) is 0 Å². The smallest absolute Gasteiger partial charge is 0.0465 e. The molecule has 2 nitrogen and oxygen atoms in total. The van der Waals surface area contributed by atoms with Gasteiger partial charge in [-0.15, -0.1) is 0 Å². The highest BCUT2D eigenvalue weighted by Gasteiger charge is 2.42. The van der Waals surface area contributed by atoms with Crippen molar-refractivity contribution in [1.82, 2.24) is 0 Å². The Kier molecular flexibility index (Phi) is 10.0. The summed E-state index contributed by atoms with van der Waals surface area (Å²) in [5.74, 6) is 0. The van der Waals surface area contributed by atoms with E-state index in [0.29, 0.717) is 0 Å². The molecule has 1 saturated heterocycles. The van der Waals surface area contributed by atoms with Gasteiger partial charge >= 0.3 is 0 Å². The van der Waals surface area contributed by atoms with Gasteiger partial charge in [-0.05, 0) is 138 Å². The van der Waals surface area contributed by atoms with Crippen LogP contribution in [0, 0.1) is 0 Å². The molecule has 278 valence electrons. The largest absolute Gasteiger partial charge is 0.371 e. The fourth-order valence-electron chi connectivity index (χ4n) is 9.63. The number of hydrogen-bond donors (Lipinski definition) is 0. The Morgan fingerprint density at radius 1 is 0.554 bits per heavy atom. The third-order valence-corrected chi connectivity index (χ3v) is 12.7. The first-order chi connectivity index (χ1) is 27.6. The van der Waals surface area contributed by atoms with Crippen LogP contribution in [-0.2, 0) is 5.41 Å². The number of piperidine rings is 1. The van der Waals surface area contributed by atoms with Gasteiger partial charge < -0.3 is 9.80 Å². The molecule has 0 aromatic heterocycles. The van der Waals surface area contributed by atoms with Gasteiger partial charge in [0, 0.05) is 46.8 Å². The molecule has 56 heavy (non-hydrogen) atoms. The van der Waals surface area contributed by atoms with Crippen LogP contribution in [0.25, 0.3) is 33.9 Å². The molecule has 2 heteroatoms. The van der Waals surface area contributed by atoms with Crippen LogP contribution in [0.3, 0.4) is 0 Å². The monoisotopic (exact) mass is 728 g/mol. The number of nitrogens with zero attached hydrogens (tertiary/aromatic N) is 2. The lowest BCUT2D eigenvalue weighted by Gasteiger charge is -2.33. The van der Waals surface area contributed by atoms with Crippen LogP contribution in [0.2, 0.25) is 0 Å². The van der Waals surface area contributed by atoms with E-state index in [1.807, 2.05) is 0 Å². The predicted octanol–water partition coefficient (Wildman–Crippen LogP) is 14.7. The van der Waals surface area contributed by atoms with Crippen LogP contribution < -0.4 is 9.80 Å². The Labute approximate surface area is 334 Å². The Balaban J connectivity index is 0.994. The summed E-state index contributed by atoms with van der Waals surface area (Å²) in [5.41, 5.74) is 18.8. The Hall–Kier alpha value is -5.86. The predicted molar refractivity (Wildman–Crippen MR) is 240 cm³/mol. The Morgan fingerprint density at radius 2 is 1.18 bits per heavy atom. The third-order valence-electron chi connectivity index (χ3n) is 12.7. The van der Waals surface area contributed by atoms with Crippen molar-refractivity contribution >= 4 is 34.4 Å². The summed E-state index contributed by atoms with van der Waals surface area (Å²) in [5, 5.41) is 0. The van der Waals surface area contributed by atoms with E-state index in [9.17, 15) is 0 Å². The van der Waals surface area contributed by atoms with Gasteiger partial charge in [0.25, 0.3) is 0 Å². The number of benzene rings is 6. The molecule has 3 aliphatic rings. The van der Waals surface area contributed by atoms with Crippen molar-refractivity contribution in [2.24, 2.45) is 0 Å². The lowest BCUT2D eigenvalue weighted by Crippen LogP contribution is -2.29. The number of hydrogen-bond acceptors (Lipinski definition) is 2. The number of allylic oxidation sites excluding steroid dienone is 5. The quantitative estimate of drug-likeness (QED) is 0.139. The number of para-hydroxylation sites is 2. The molecule has 0 atom stereocenters. The van der Waals surface area contributed by atoms with E-state index in [2.05, 4.69) is 194 Å². The average molecular weight is 729 g/mol. The number of rotatable bonds is 10. The molecular weight excluding hydrogens is 677 g/mol. The normalized spacial score (nSPS) is 16.1. The fourth-order valence-corrected chi connectivity index (χ4v) is 9.63. The van der Waals surface area contributed by atoms with Crippen LogP contribution in [-0.4, -0.2) is 13.1 Å². The lowest BCUT2D eigenvalue weighted by atomic mass is 9.71. The molecule has 0 amide bonds. The van der Waals surface area contributed by atoms with E-state index >= 15 is 0 Å². The third kappa shape index (κ3) is 6.72. The number of anilines is 4. The molecule has 1 heterocycles. The molecule has 1 aliphatic heterocycles. The Bertz CT molecular complexity index is 2350. The Morgan fingerprint density at radius 3 is 1.84 bits per heavy atom. The summed E-state index contributed by atoms with van der Waals surface area (Å²) >= 11 is 0. The highest BCUT2D eigenvalue weighted by molar-refractivity contribution is 5.88. The minimum atomic E-state index is 0.00298. The van der Waals surface area contributed by atoms with E-state index in [4.69, 9.17) is 0 Å². The standard InChI is InChI=1S/C54H52N2/c1-3-54(4-2)51-37-41(27-32-49(51)50-34-31-47(39-52(50)54)56(45-19-11-6-12-20-45)46-21-13-7-14-22-46)24-23-40-25-28-43(29-26-40)48-33-30-44(42-17-9-5-10-18-42)38-53(48)55-35-15-8-16-36-55/h5-7,9-14,17-26,28-31,33-34,37-39H,3-4,8,15-16,27,32,35-36H2,1-2H3/b24-23+. The van der Waals surface area contributed by atoms with Gasteiger partial charge in [0.15, 0.2) is 0 Å². The van der Waals surface area contributed by atoms with Gasteiger partial charge in [-0.2, -0.15) is 0 Å². The van der Waals surface area contributed by atoms with Crippen molar-refractivity contribution in [2.45, 2.75) is 64.2 Å². The maximum absolute atomic E-state index is 2.61. The van der Waals surface area contributed by atoms with Gasteiger partial charge in [0.05, 0.1) is 0 Å². The van der Waals surface area contributed by atoms with Crippen LogP contribution in [0.15, 0.2) is 175 Å².